The summed E-state index contributed by atoms with van der Waals surface area (Å²) in [7, 11) is 4.32. The molecule has 0 aliphatic rings. The molecule has 1 N–H and O–H groups in total. The lowest BCUT2D eigenvalue weighted by Gasteiger charge is -2.23. The largest absolute Gasteiger partial charge is 0.366 e. The lowest BCUT2D eigenvalue weighted by molar-refractivity contribution is -0.142. The van der Waals surface area contributed by atoms with Gasteiger partial charge in [-0.3, -0.25) is 4.79 Å². The fourth-order valence-electron chi connectivity index (χ4n) is 0.867. The number of hydrogen-bond acceptors (Lipinski definition) is 2. The van der Waals surface area contributed by atoms with Gasteiger partial charge in [0.1, 0.15) is 5.60 Å². The van der Waals surface area contributed by atoms with Crippen LogP contribution in [0.4, 0.5) is 0 Å². The minimum atomic E-state index is -0.714. The molecule has 1 amide bonds. The molecule has 0 radical (unpaired) electrons. The summed E-state index contributed by atoms with van der Waals surface area (Å²) in [5, 5.41) is 2.57. The second-order valence-electron chi connectivity index (χ2n) is 3.70. The molecule has 0 saturated carbocycles. The number of likely N-dealkylation sites (N-methyl/N-ethyl adjacent to an activating group) is 1. The van der Waals surface area contributed by atoms with Crippen molar-refractivity contribution in [3.63, 3.8) is 0 Å². The molecule has 2 atom stereocenters. The summed E-state index contributed by atoms with van der Waals surface area (Å²) in [6.07, 6.45) is 0.949. The van der Waals surface area contributed by atoms with Gasteiger partial charge >= 0.3 is 0 Å². The first-order valence-electron chi connectivity index (χ1n) is 4.52. The summed E-state index contributed by atoms with van der Waals surface area (Å²) < 4.78 is 5.47. The van der Waals surface area contributed by atoms with Crippen molar-refractivity contribution in [1.82, 2.24) is 5.32 Å². The summed E-state index contributed by atoms with van der Waals surface area (Å²) in [5.74, 6) is -0.0797. The molecule has 2 unspecified atom stereocenters. The zero-order valence-corrected chi connectivity index (χ0v) is 10.0. The van der Waals surface area contributed by atoms with E-state index in [0.29, 0.717) is 12.3 Å². The summed E-state index contributed by atoms with van der Waals surface area (Å²) in [6, 6.07) is 0. The molecule has 0 aliphatic carbocycles. The van der Waals surface area contributed by atoms with E-state index in [4.69, 9.17) is 4.74 Å². The first-order chi connectivity index (χ1) is 5.90. The lowest BCUT2D eigenvalue weighted by Crippen LogP contribution is -2.43. The van der Waals surface area contributed by atoms with E-state index in [0.717, 1.165) is 6.42 Å². The highest BCUT2D eigenvalue weighted by atomic mass is 31.0. The van der Waals surface area contributed by atoms with Crippen LogP contribution in [-0.2, 0) is 9.53 Å². The van der Waals surface area contributed by atoms with Gasteiger partial charge in [0.15, 0.2) is 0 Å². The van der Waals surface area contributed by atoms with Crippen LogP contribution in [0.25, 0.3) is 0 Å². The van der Waals surface area contributed by atoms with Crippen LogP contribution in [0.15, 0.2) is 0 Å². The average molecular weight is 205 g/mol. The van der Waals surface area contributed by atoms with Gasteiger partial charge in [-0.15, -0.1) is 9.24 Å². The monoisotopic (exact) mass is 205 g/mol. The van der Waals surface area contributed by atoms with Gasteiger partial charge in [-0.05, 0) is 25.9 Å². The molecular formula is C9H20NO2P. The number of hydrogen-bond donors (Lipinski definition) is 1. The molecule has 78 valence electrons. The predicted octanol–water partition coefficient (Wildman–Crippen LogP) is 1.18. The number of carbonyl (C=O) groups excluding carboxylic acids is 1. The van der Waals surface area contributed by atoms with Crippen LogP contribution in [0.2, 0.25) is 0 Å². The van der Waals surface area contributed by atoms with E-state index >= 15 is 0 Å². The van der Waals surface area contributed by atoms with E-state index in [1.165, 1.54) is 0 Å². The number of nitrogens with one attached hydrogen (secondary N) is 1. The summed E-state index contributed by atoms with van der Waals surface area (Å²) in [6.45, 7) is 6.27. The minimum Gasteiger partial charge on any atom is -0.366 e. The van der Waals surface area contributed by atoms with E-state index in [2.05, 4.69) is 21.5 Å². The molecule has 4 heteroatoms. The van der Waals surface area contributed by atoms with Crippen LogP contribution < -0.4 is 5.32 Å². The Morgan fingerprint density at radius 1 is 1.62 bits per heavy atom. The Bertz CT molecular complexity index is 169. The van der Waals surface area contributed by atoms with Crippen molar-refractivity contribution in [2.75, 3.05) is 13.7 Å². The fraction of sp³-hybridized carbons (Fsp3) is 0.889. The molecule has 13 heavy (non-hydrogen) atoms. The fourth-order valence-corrected chi connectivity index (χ4v) is 1.00. The van der Waals surface area contributed by atoms with E-state index in [1.54, 1.807) is 20.9 Å². The lowest BCUT2D eigenvalue weighted by atomic mass is 10.1. The van der Waals surface area contributed by atoms with Gasteiger partial charge in [-0.2, -0.15) is 0 Å². The van der Waals surface area contributed by atoms with Crippen molar-refractivity contribution in [2.45, 2.75) is 38.5 Å². The summed E-state index contributed by atoms with van der Waals surface area (Å²) in [4.78, 5) is 11.3. The van der Waals surface area contributed by atoms with E-state index in [-0.39, 0.29) is 5.91 Å². The maximum Gasteiger partial charge on any atom is 0.251 e. The Morgan fingerprint density at radius 2 is 2.15 bits per heavy atom. The van der Waals surface area contributed by atoms with Crippen molar-refractivity contribution in [3.8, 4) is 0 Å². The van der Waals surface area contributed by atoms with Crippen LogP contribution in [0, 0.1) is 0 Å². The van der Waals surface area contributed by atoms with E-state index < -0.39 is 5.60 Å². The Hall–Kier alpha value is -0.140. The molecule has 0 heterocycles. The van der Waals surface area contributed by atoms with Crippen LogP contribution in [-0.4, -0.2) is 30.8 Å². The molecule has 3 nitrogen and oxygen atoms in total. The third kappa shape index (κ3) is 5.22. The van der Waals surface area contributed by atoms with Gasteiger partial charge in [0.05, 0.1) is 0 Å². The Morgan fingerprint density at radius 3 is 2.54 bits per heavy atom. The van der Waals surface area contributed by atoms with Crippen molar-refractivity contribution in [1.29, 1.82) is 0 Å². The molecule has 0 bridgehead atoms. The molecule has 0 aromatic heterocycles. The zero-order valence-electron chi connectivity index (χ0n) is 8.89. The average Bonchev–Trinajstić information content (AvgIpc) is 2.01. The third-order valence-electron chi connectivity index (χ3n) is 1.81. The predicted molar refractivity (Wildman–Crippen MR) is 57.9 cm³/mol. The van der Waals surface area contributed by atoms with E-state index in [1.807, 2.05) is 0 Å². The highest BCUT2D eigenvalue weighted by Crippen LogP contribution is 2.11. The SMILES string of the molecule is CNC(=O)C(C)(C)OCCC(C)P. The van der Waals surface area contributed by atoms with Crippen molar-refractivity contribution >= 4 is 15.1 Å². The molecule has 0 aromatic rings. The van der Waals surface area contributed by atoms with Gasteiger partial charge in [0.25, 0.3) is 5.91 Å². The zero-order chi connectivity index (χ0) is 10.5. The highest BCUT2D eigenvalue weighted by Gasteiger charge is 2.26. The second-order valence-corrected chi connectivity index (χ2v) is 4.84. The Kier molecular flexibility index (Phi) is 5.50. The number of carbonyl (C=O) groups is 1. The van der Waals surface area contributed by atoms with Gasteiger partial charge in [-0.25, -0.2) is 0 Å². The highest BCUT2D eigenvalue weighted by molar-refractivity contribution is 7.17. The van der Waals surface area contributed by atoms with Gasteiger partial charge in [0.2, 0.25) is 0 Å². The Balaban J connectivity index is 3.82. The van der Waals surface area contributed by atoms with Crippen LogP contribution >= 0.6 is 9.24 Å². The first kappa shape index (κ1) is 12.9. The maximum atomic E-state index is 11.3. The molecule has 0 rings (SSSR count). The number of amides is 1. The number of rotatable bonds is 5. The Labute approximate surface area is 82.8 Å². The third-order valence-corrected chi connectivity index (χ3v) is 2.14. The van der Waals surface area contributed by atoms with Gasteiger partial charge < -0.3 is 10.1 Å². The minimum absolute atomic E-state index is 0.0797. The van der Waals surface area contributed by atoms with E-state index in [9.17, 15) is 4.79 Å². The normalized spacial score (nSPS) is 13.9. The smallest absolute Gasteiger partial charge is 0.251 e. The topological polar surface area (TPSA) is 38.3 Å². The van der Waals surface area contributed by atoms with Crippen LogP contribution in [0.5, 0.6) is 0 Å². The molecule has 0 aromatic carbocycles. The molecule has 0 fully saturated rings. The van der Waals surface area contributed by atoms with Gasteiger partial charge in [-0.1, -0.05) is 6.92 Å². The summed E-state index contributed by atoms with van der Waals surface area (Å²) >= 11 is 0. The van der Waals surface area contributed by atoms with Crippen molar-refractivity contribution in [3.05, 3.63) is 0 Å². The quantitative estimate of drug-likeness (QED) is 0.684. The standard InChI is InChI=1S/C9H20NO2P/c1-7(13)5-6-12-9(2,3)8(11)10-4/h7H,5-6,13H2,1-4H3,(H,10,11). The molecular weight excluding hydrogens is 185 g/mol. The second kappa shape index (κ2) is 5.56. The number of ether oxygens (including phenoxy) is 1. The van der Waals surface area contributed by atoms with Gasteiger partial charge in [0, 0.05) is 13.7 Å². The summed E-state index contributed by atoms with van der Waals surface area (Å²) in [5.41, 5.74) is -0.186. The van der Waals surface area contributed by atoms with Crippen LogP contribution in [0.1, 0.15) is 27.2 Å². The molecule has 0 spiro atoms. The molecule has 0 saturated heterocycles. The first-order valence-corrected chi connectivity index (χ1v) is 5.18. The molecule has 0 aliphatic heterocycles. The maximum absolute atomic E-state index is 11.3. The van der Waals surface area contributed by atoms with Crippen LogP contribution in [0.3, 0.4) is 0 Å². The van der Waals surface area contributed by atoms with Crippen molar-refractivity contribution < 1.29 is 9.53 Å². The van der Waals surface area contributed by atoms with Crippen molar-refractivity contribution in [2.24, 2.45) is 0 Å².